The third-order valence-corrected chi connectivity index (χ3v) is 15.6. The number of imidazole rings is 2. The van der Waals surface area contributed by atoms with Crippen molar-refractivity contribution in [1.29, 1.82) is 0 Å². The van der Waals surface area contributed by atoms with Crippen LogP contribution in [0.4, 0.5) is 26.3 Å². The number of nitrogens with two attached hydrogens (primary N) is 1. The Morgan fingerprint density at radius 1 is 0.645 bits per heavy atom. The van der Waals surface area contributed by atoms with E-state index in [1.165, 1.54) is 54.2 Å². The Balaban J connectivity index is 0.000000156. The van der Waals surface area contributed by atoms with Crippen molar-refractivity contribution < 1.29 is 36.2 Å². The van der Waals surface area contributed by atoms with Gasteiger partial charge in [0.25, 0.3) is 0 Å². The molecule has 0 radical (unpaired) electrons. The Hall–Kier alpha value is -5.11. The van der Waals surface area contributed by atoms with Gasteiger partial charge in [0.2, 0.25) is 0 Å². The quantitative estimate of drug-likeness (QED) is 0.0660. The van der Waals surface area contributed by atoms with Crippen molar-refractivity contribution in [1.82, 2.24) is 54.6 Å². The van der Waals surface area contributed by atoms with Crippen LogP contribution in [0.5, 0.6) is 0 Å². The Morgan fingerprint density at radius 3 is 1.37 bits per heavy atom. The molecule has 6 unspecified atom stereocenters. The van der Waals surface area contributed by atoms with E-state index in [0.717, 1.165) is 119 Å². The second-order valence-corrected chi connectivity index (χ2v) is 21.6. The molecule has 0 amide bonds. The highest BCUT2D eigenvalue weighted by Gasteiger charge is 2.62. The van der Waals surface area contributed by atoms with E-state index >= 15 is 0 Å². The van der Waals surface area contributed by atoms with Gasteiger partial charge in [-0.05, 0) is 146 Å². The largest absolute Gasteiger partial charge is 0.400 e. The first-order chi connectivity index (χ1) is 36.1. The molecule has 3 aromatic carbocycles. The monoisotopic (exact) mass is 1120 g/mol. The van der Waals surface area contributed by atoms with Gasteiger partial charge < -0.3 is 29.9 Å². The number of nitrogens with zero attached hydrogens (tertiary/aromatic N) is 9. The van der Waals surface area contributed by atoms with Crippen LogP contribution in [-0.4, -0.2) is 166 Å². The number of piperidine rings is 3. The highest BCUT2D eigenvalue weighted by atomic mass is 32.1. The number of nitrogens with one attached hydrogen (secondary N) is 2. The molecule has 3 saturated carbocycles. The van der Waals surface area contributed by atoms with E-state index in [2.05, 4.69) is 30.5 Å². The van der Waals surface area contributed by atoms with Crippen molar-refractivity contribution in [2.45, 2.75) is 48.3 Å². The van der Waals surface area contributed by atoms with Crippen LogP contribution in [0, 0.1) is 52.7 Å². The molecule has 23 heteroatoms. The number of aliphatic hydroxyl groups excluding tert-OH is 1. The van der Waals surface area contributed by atoms with Crippen molar-refractivity contribution in [3.8, 4) is 0 Å². The molecule has 4 saturated heterocycles. The van der Waals surface area contributed by atoms with Crippen LogP contribution >= 0.6 is 36.7 Å². The summed E-state index contributed by atoms with van der Waals surface area (Å²) in [5.41, 5.74) is 5.25. The maximum absolute atomic E-state index is 13.4. The zero-order valence-corrected chi connectivity index (χ0v) is 46.5. The van der Waals surface area contributed by atoms with Gasteiger partial charge in [-0.3, -0.25) is 25.4 Å². The molecule has 2 aromatic heterocycles. The predicted octanol–water partition coefficient (Wildman–Crippen LogP) is 6.69. The molecule has 0 spiro atoms. The van der Waals surface area contributed by atoms with E-state index in [1.807, 2.05) is 33.1 Å². The summed E-state index contributed by atoms with van der Waals surface area (Å²) in [5, 5.41) is 15.7. The second kappa shape index (κ2) is 26.5. The molecule has 4 aliphatic heterocycles. The lowest BCUT2D eigenvalue weighted by Gasteiger charge is -2.27. The number of aromatic nitrogens is 4. The molecule has 414 valence electrons. The van der Waals surface area contributed by atoms with Gasteiger partial charge in [0.05, 0.1) is 0 Å². The minimum Gasteiger partial charge on any atom is -0.400 e. The van der Waals surface area contributed by atoms with E-state index < -0.39 is 34.9 Å². The van der Waals surface area contributed by atoms with Crippen LogP contribution in [0.25, 0.3) is 0 Å². The fourth-order valence-corrected chi connectivity index (χ4v) is 11.1. The normalized spacial score (nSPS) is 24.4. The molecule has 14 nitrogen and oxygen atoms in total. The maximum atomic E-state index is 13.4. The first-order valence-corrected chi connectivity index (χ1v) is 26.1. The fraction of sp³-hybridized carbons (Fsp3) is 0.491. The molecule has 0 bridgehead atoms. The number of fused-ring (bicyclic) bond motifs is 3. The summed E-state index contributed by atoms with van der Waals surface area (Å²) in [6, 6.07) is 11.5. The predicted molar refractivity (Wildman–Crippen MR) is 294 cm³/mol. The molecule has 3 aliphatic carbocycles. The fourth-order valence-electron chi connectivity index (χ4n) is 10.4. The van der Waals surface area contributed by atoms with Gasteiger partial charge in [0.15, 0.2) is 15.3 Å². The van der Waals surface area contributed by atoms with Crippen LogP contribution in [-0.2, 0) is 21.0 Å². The highest BCUT2D eigenvalue weighted by molar-refractivity contribution is 7.80. The minimum absolute atomic E-state index is 0.0446. The Bertz CT molecular complexity index is 2610. The van der Waals surface area contributed by atoms with Gasteiger partial charge in [-0.25, -0.2) is 41.3 Å². The van der Waals surface area contributed by atoms with Gasteiger partial charge >= 0.3 is 0 Å². The van der Waals surface area contributed by atoms with Crippen molar-refractivity contribution in [3.05, 3.63) is 144 Å². The zero-order valence-electron chi connectivity index (χ0n) is 44.0. The number of hydrogen-bond acceptors (Lipinski definition) is 11. The Morgan fingerprint density at radius 2 is 1.04 bits per heavy atom. The first kappa shape index (κ1) is 60.1. The molecular formula is C53H70F6N12O2S3. The van der Waals surface area contributed by atoms with Gasteiger partial charge in [0, 0.05) is 155 Å². The molecule has 5 N–H and O–H groups in total. The van der Waals surface area contributed by atoms with Gasteiger partial charge in [-0.1, -0.05) is 0 Å². The summed E-state index contributed by atoms with van der Waals surface area (Å²) < 4.78 is 88.0. The highest BCUT2D eigenvalue weighted by Crippen LogP contribution is 2.60. The number of hydrogen-bond donors (Lipinski definition) is 4. The summed E-state index contributed by atoms with van der Waals surface area (Å²) in [5.74, 6) is 3.49. The number of thiocarbonyl (C=S) groups is 3. The van der Waals surface area contributed by atoms with Gasteiger partial charge in [-0.15, -0.1) is 0 Å². The topological polar surface area (TPSA) is 131 Å². The zero-order chi connectivity index (χ0) is 55.5. The van der Waals surface area contributed by atoms with Gasteiger partial charge in [-0.2, -0.15) is 0 Å². The smallest absolute Gasteiger partial charge is 0.190 e. The number of aliphatic hydroxyl groups is 1. The standard InChI is InChI=1S/C14H17F2N3S.C14H16F2N2S.C11H11F2N.C7H6N4S.C4H8O.C2H8N2.CH4O/c1-18(2)17-13(20)19-7-10-6-14(10,8-19)9-3-11(15)5-12(16)4-9;1-17(2)13(19)18-7-10-6-14(10,8-18)9-3-11(15)5-12(16)4-9;12-9-1-7(2-10(13)3-9)11-4-8(11)5-14-6-11;12-7(10-3-1-8-5-10)11-4-2-9-6-11;1-2-4-5-3-1;1-4(2)3;1-2/h3-5,10H,6-8H2,1-2H3,(H,17,20);3-5,10H,6-8H2,1-2H3;1-3,8,14H,4-6H2;1-6H;1-4H2;3H2,1-2H3;2H,1H3. The molecule has 76 heavy (non-hydrogen) atoms. The number of rotatable bonds is 4. The van der Waals surface area contributed by atoms with E-state index in [1.54, 1.807) is 65.7 Å². The van der Waals surface area contributed by atoms with Crippen LogP contribution in [0.3, 0.4) is 0 Å². The number of likely N-dealkylation sites (tertiary alicyclic amines) is 2. The SMILES string of the molecule is C1CCOC1.CN(C)C(=S)N1CC2CC2(c2cc(F)cc(F)c2)C1.CN(C)N.CN(C)NC(=S)N1CC2CC2(c2cc(F)cc(F)c2)C1.CO.Fc1cc(F)cc(C23CNCC2C3)c1.S=C(n1ccnc1)n1ccnc1. The summed E-state index contributed by atoms with van der Waals surface area (Å²) in [7, 11) is 12.1. The number of ether oxygens (including phenoxy) is 1. The lowest BCUT2D eigenvalue weighted by Crippen LogP contribution is -2.46. The maximum Gasteiger partial charge on any atom is 0.190 e. The van der Waals surface area contributed by atoms with Crippen molar-refractivity contribution in [2.75, 3.05) is 102 Å². The third-order valence-electron chi connectivity index (χ3n) is 14.2. The number of hydrazine groups is 2. The van der Waals surface area contributed by atoms with Crippen LogP contribution in [0.15, 0.2) is 92.0 Å². The molecule has 7 fully saturated rings. The minimum atomic E-state index is -0.507. The Kier molecular flexibility index (Phi) is 21.0. The third kappa shape index (κ3) is 15.3. The van der Waals surface area contributed by atoms with Crippen molar-refractivity contribution >= 4 is 52.0 Å². The number of halogens is 6. The van der Waals surface area contributed by atoms with E-state index in [4.69, 9.17) is 52.3 Å². The lowest BCUT2D eigenvalue weighted by molar-refractivity contribution is 0.198. The second-order valence-electron chi connectivity index (χ2n) is 20.5. The molecule has 6 atom stereocenters. The molecule has 12 rings (SSSR count). The van der Waals surface area contributed by atoms with E-state index in [0.29, 0.717) is 28.0 Å². The van der Waals surface area contributed by atoms with Crippen LogP contribution < -0.4 is 16.6 Å². The summed E-state index contributed by atoms with van der Waals surface area (Å²) in [6.45, 7) is 7.06. The summed E-state index contributed by atoms with van der Waals surface area (Å²) in [4.78, 5) is 13.9. The molecule has 6 heterocycles. The van der Waals surface area contributed by atoms with E-state index in [-0.39, 0.29) is 16.2 Å². The summed E-state index contributed by atoms with van der Waals surface area (Å²) >= 11 is 15.8. The van der Waals surface area contributed by atoms with Crippen molar-refractivity contribution in [2.24, 2.45) is 23.6 Å². The molecule has 5 aromatic rings. The van der Waals surface area contributed by atoms with Gasteiger partial charge in [0.1, 0.15) is 47.6 Å². The summed E-state index contributed by atoms with van der Waals surface area (Å²) in [6.07, 6.45) is 15.9. The first-order valence-electron chi connectivity index (χ1n) is 24.9. The molecule has 7 aliphatic rings. The Labute approximate surface area is 458 Å². The average Bonchev–Trinajstić information content (AvgIpc) is 4.06. The average molecular weight is 1120 g/mol. The van der Waals surface area contributed by atoms with Crippen LogP contribution in [0.2, 0.25) is 0 Å². The van der Waals surface area contributed by atoms with E-state index in [9.17, 15) is 26.3 Å². The van der Waals surface area contributed by atoms with Crippen LogP contribution in [0.1, 0.15) is 48.8 Å². The van der Waals surface area contributed by atoms with Crippen molar-refractivity contribution in [3.63, 3.8) is 0 Å². The molecular weight excluding hydrogens is 1050 g/mol. The lowest BCUT2D eigenvalue weighted by atomic mass is 9.95. The number of benzene rings is 3.